The fourth-order valence-electron chi connectivity index (χ4n) is 4.40. The molecule has 5 rings (SSSR count). The highest BCUT2D eigenvalue weighted by atomic mass is 35.5. The van der Waals surface area contributed by atoms with Crippen LogP contribution in [0.1, 0.15) is 23.1 Å². The Kier molecular flexibility index (Phi) is 5.27. The number of aryl methyl sites for hydroxylation is 1. The number of anilines is 1. The van der Waals surface area contributed by atoms with Gasteiger partial charge in [-0.1, -0.05) is 60.1 Å². The summed E-state index contributed by atoms with van der Waals surface area (Å²) in [5.41, 5.74) is 3.89. The van der Waals surface area contributed by atoms with Crippen molar-refractivity contribution in [3.8, 4) is 0 Å². The number of rotatable bonds is 4. The van der Waals surface area contributed by atoms with Gasteiger partial charge in [-0.3, -0.25) is 14.5 Å². The van der Waals surface area contributed by atoms with Crippen LogP contribution in [0, 0.1) is 5.82 Å². The molecule has 0 radical (unpaired) electrons. The summed E-state index contributed by atoms with van der Waals surface area (Å²) >= 11 is 6.31. The van der Waals surface area contributed by atoms with Crippen LogP contribution in [0.25, 0.3) is 5.57 Å². The normalized spacial score (nSPS) is 16.1. The highest BCUT2D eigenvalue weighted by Gasteiger charge is 2.42. The zero-order valence-corrected chi connectivity index (χ0v) is 18.0. The first-order valence-electron chi connectivity index (χ1n) is 10.5. The van der Waals surface area contributed by atoms with Gasteiger partial charge in [0.2, 0.25) is 0 Å². The van der Waals surface area contributed by atoms with Crippen LogP contribution in [0.5, 0.6) is 0 Å². The maximum atomic E-state index is 13.7. The topological polar surface area (TPSA) is 40.6 Å². The van der Waals surface area contributed by atoms with E-state index in [0.717, 1.165) is 24.1 Å². The van der Waals surface area contributed by atoms with Crippen LogP contribution in [0.15, 0.2) is 78.5 Å². The second-order valence-electron chi connectivity index (χ2n) is 7.90. The number of halogens is 2. The Bertz CT molecular complexity index is 1250. The summed E-state index contributed by atoms with van der Waals surface area (Å²) < 4.78 is 13.6. The Labute approximate surface area is 190 Å². The summed E-state index contributed by atoms with van der Waals surface area (Å²) in [6.07, 6.45) is 1.78. The molecule has 160 valence electrons. The lowest BCUT2D eigenvalue weighted by atomic mass is 9.98. The molecular weight excluding hydrogens is 427 g/mol. The molecule has 6 heteroatoms. The van der Waals surface area contributed by atoms with E-state index < -0.39 is 11.7 Å². The number of carbonyl (C=O) groups excluding carboxylic acids is 2. The molecule has 0 spiro atoms. The van der Waals surface area contributed by atoms with Crippen molar-refractivity contribution in [2.75, 3.05) is 11.4 Å². The number of nitrogens with zero attached hydrogens (tertiary/aromatic N) is 2. The third-order valence-electron chi connectivity index (χ3n) is 5.94. The Morgan fingerprint density at radius 3 is 2.38 bits per heavy atom. The van der Waals surface area contributed by atoms with Crippen LogP contribution >= 0.6 is 11.6 Å². The number of hydrogen-bond acceptors (Lipinski definition) is 3. The zero-order valence-electron chi connectivity index (χ0n) is 17.2. The minimum Gasteiger partial charge on any atom is -0.336 e. The molecule has 3 aromatic carbocycles. The molecule has 0 aliphatic carbocycles. The molecule has 2 amide bonds. The smallest absolute Gasteiger partial charge is 0.278 e. The molecule has 0 unspecified atom stereocenters. The average Bonchev–Trinajstić information content (AvgIpc) is 3.05. The number of benzene rings is 3. The Hall–Kier alpha value is -3.44. The first kappa shape index (κ1) is 20.5. The van der Waals surface area contributed by atoms with Crippen LogP contribution in [-0.4, -0.2) is 23.3 Å². The van der Waals surface area contributed by atoms with Crippen molar-refractivity contribution in [3.05, 3.63) is 106 Å². The molecule has 0 N–H and O–H groups in total. The predicted molar refractivity (Wildman–Crippen MR) is 122 cm³/mol. The van der Waals surface area contributed by atoms with Gasteiger partial charge >= 0.3 is 0 Å². The monoisotopic (exact) mass is 446 g/mol. The van der Waals surface area contributed by atoms with Gasteiger partial charge in [0.1, 0.15) is 11.5 Å². The second kappa shape index (κ2) is 8.24. The molecule has 32 heavy (non-hydrogen) atoms. The van der Waals surface area contributed by atoms with Gasteiger partial charge in [-0.2, -0.15) is 0 Å². The van der Waals surface area contributed by atoms with Gasteiger partial charge in [0.25, 0.3) is 11.8 Å². The number of amides is 2. The van der Waals surface area contributed by atoms with Crippen molar-refractivity contribution in [2.45, 2.75) is 19.4 Å². The van der Waals surface area contributed by atoms with Gasteiger partial charge in [-0.15, -0.1) is 0 Å². The summed E-state index contributed by atoms with van der Waals surface area (Å²) in [5.74, 6) is -1.17. The molecule has 0 aromatic heterocycles. The molecule has 4 nitrogen and oxygen atoms in total. The van der Waals surface area contributed by atoms with Gasteiger partial charge < -0.3 is 4.90 Å². The molecule has 0 fully saturated rings. The molecule has 0 saturated heterocycles. The summed E-state index contributed by atoms with van der Waals surface area (Å²) in [5, 5.41) is 0.494. The molecule has 2 aliphatic rings. The van der Waals surface area contributed by atoms with E-state index in [-0.39, 0.29) is 12.5 Å². The van der Waals surface area contributed by atoms with E-state index in [1.807, 2.05) is 35.2 Å². The van der Waals surface area contributed by atoms with Crippen molar-refractivity contribution in [1.82, 2.24) is 4.90 Å². The maximum Gasteiger partial charge on any atom is 0.278 e. The van der Waals surface area contributed by atoms with Gasteiger partial charge in [0.05, 0.1) is 12.1 Å². The number of para-hydroxylation sites is 1. The molecule has 0 bridgehead atoms. The molecule has 2 aliphatic heterocycles. The maximum absolute atomic E-state index is 13.7. The standard InChI is InChI=1S/C26H20ClFN2O2/c27-21-9-3-1-7-19(21)16-30-25(31)23(18-11-13-20(28)14-12-18)24(26(30)32)29-15-5-8-17-6-2-4-10-22(17)29/h1-4,6-7,9-14H,5,8,15-16H2. The third kappa shape index (κ3) is 3.49. The summed E-state index contributed by atoms with van der Waals surface area (Å²) in [7, 11) is 0. The van der Waals surface area contributed by atoms with Crippen molar-refractivity contribution >= 4 is 34.7 Å². The molecule has 3 aromatic rings. The summed E-state index contributed by atoms with van der Waals surface area (Å²) in [6, 6.07) is 20.8. The predicted octanol–water partition coefficient (Wildman–Crippen LogP) is 5.21. The largest absolute Gasteiger partial charge is 0.336 e. The molecule has 0 atom stereocenters. The van der Waals surface area contributed by atoms with Gasteiger partial charge in [-0.05, 0) is 53.8 Å². The van der Waals surface area contributed by atoms with Gasteiger partial charge in [0, 0.05) is 17.3 Å². The van der Waals surface area contributed by atoms with Crippen LogP contribution in [0.3, 0.4) is 0 Å². The van der Waals surface area contributed by atoms with Crippen LogP contribution in [-0.2, 0) is 22.6 Å². The van der Waals surface area contributed by atoms with E-state index in [4.69, 9.17) is 11.6 Å². The van der Waals surface area contributed by atoms with Crippen LogP contribution in [0.2, 0.25) is 5.02 Å². The van der Waals surface area contributed by atoms with E-state index in [1.165, 1.54) is 17.0 Å². The fraction of sp³-hybridized carbons (Fsp3) is 0.154. The Morgan fingerprint density at radius 2 is 1.59 bits per heavy atom. The Balaban J connectivity index is 1.63. The van der Waals surface area contributed by atoms with E-state index in [1.54, 1.807) is 30.3 Å². The van der Waals surface area contributed by atoms with E-state index in [2.05, 4.69) is 0 Å². The first-order valence-corrected chi connectivity index (χ1v) is 10.9. The summed E-state index contributed by atoms with van der Waals surface area (Å²) in [4.78, 5) is 30.4. The van der Waals surface area contributed by atoms with E-state index in [9.17, 15) is 14.0 Å². The van der Waals surface area contributed by atoms with Crippen LogP contribution < -0.4 is 4.90 Å². The van der Waals surface area contributed by atoms with Crippen molar-refractivity contribution in [2.24, 2.45) is 0 Å². The first-order chi connectivity index (χ1) is 15.5. The Morgan fingerprint density at radius 1 is 0.875 bits per heavy atom. The van der Waals surface area contributed by atoms with E-state index in [0.29, 0.717) is 34.0 Å². The minimum atomic E-state index is -0.403. The number of carbonyl (C=O) groups is 2. The van der Waals surface area contributed by atoms with Crippen molar-refractivity contribution in [3.63, 3.8) is 0 Å². The SMILES string of the molecule is O=C1C(c2ccc(F)cc2)=C(N2CCCc3ccccc32)C(=O)N1Cc1ccccc1Cl. The molecule has 0 saturated carbocycles. The lowest BCUT2D eigenvalue weighted by Gasteiger charge is -2.32. The van der Waals surface area contributed by atoms with Gasteiger partial charge in [0.15, 0.2) is 0 Å². The highest BCUT2D eigenvalue weighted by Crippen LogP contribution is 2.38. The zero-order chi connectivity index (χ0) is 22.2. The van der Waals surface area contributed by atoms with Crippen molar-refractivity contribution in [1.29, 1.82) is 0 Å². The quantitative estimate of drug-likeness (QED) is 0.516. The average molecular weight is 447 g/mol. The highest BCUT2D eigenvalue weighted by molar-refractivity contribution is 6.37. The van der Waals surface area contributed by atoms with Crippen molar-refractivity contribution < 1.29 is 14.0 Å². The number of fused-ring (bicyclic) bond motifs is 1. The number of hydrogen-bond donors (Lipinski definition) is 0. The van der Waals surface area contributed by atoms with Crippen LogP contribution in [0.4, 0.5) is 10.1 Å². The lowest BCUT2D eigenvalue weighted by Crippen LogP contribution is -2.36. The number of imide groups is 1. The molecule has 2 heterocycles. The summed E-state index contributed by atoms with van der Waals surface area (Å²) in [6.45, 7) is 0.691. The second-order valence-corrected chi connectivity index (χ2v) is 8.31. The van der Waals surface area contributed by atoms with Gasteiger partial charge in [-0.25, -0.2) is 4.39 Å². The molecular formula is C26H20ClFN2O2. The minimum absolute atomic E-state index is 0.0705. The third-order valence-corrected chi connectivity index (χ3v) is 6.31. The fourth-order valence-corrected chi connectivity index (χ4v) is 4.59. The lowest BCUT2D eigenvalue weighted by molar-refractivity contribution is -0.137. The van der Waals surface area contributed by atoms with E-state index >= 15 is 0 Å².